The summed E-state index contributed by atoms with van der Waals surface area (Å²) < 4.78 is 18.6. The van der Waals surface area contributed by atoms with Crippen LogP contribution in [0.1, 0.15) is 23.7 Å². The minimum atomic E-state index is -0.915. The zero-order valence-electron chi connectivity index (χ0n) is 14.1. The molecule has 0 aliphatic carbocycles. The van der Waals surface area contributed by atoms with Crippen LogP contribution in [0.25, 0.3) is 0 Å². The summed E-state index contributed by atoms with van der Waals surface area (Å²) in [6, 6.07) is 11.9. The molecule has 0 saturated carbocycles. The van der Waals surface area contributed by atoms with Gasteiger partial charge in [-0.3, -0.25) is 9.59 Å². The number of esters is 1. The number of hydrogen-bond acceptors (Lipinski definition) is 4. The molecule has 134 valence electrons. The molecule has 0 bridgehead atoms. The van der Waals surface area contributed by atoms with Gasteiger partial charge in [0, 0.05) is 12.5 Å². The molecule has 6 nitrogen and oxygen atoms in total. The summed E-state index contributed by atoms with van der Waals surface area (Å²) in [5.74, 6) is -2.33. The number of ether oxygens (including phenoxy) is 1. The highest BCUT2D eigenvalue weighted by molar-refractivity contribution is 6.05. The second kappa shape index (κ2) is 7.35. The Balaban J connectivity index is 1.77. The number of hydrogen-bond donors (Lipinski definition) is 1. The first-order chi connectivity index (χ1) is 12.5. The lowest BCUT2D eigenvalue weighted by Gasteiger charge is -2.27. The molecule has 1 atom stereocenters. The molecule has 3 rings (SSSR count). The van der Waals surface area contributed by atoms with Crippen molar-refractivity contribution in [3.63, 3.8) is 0 Å². The van der Waals surface area contributed by atoms with Crippen LogP contribution in [0.15, 0.2) is 48.5 Å². The molecule has 1 N–H and O–H groups in total. The van der Waals surface area contributed by atoms with Gasteiger partial charge in [-0.1, -0.05) is 24.3 Å². The number of nitrogens with one attached hydrogen (secondary N) is 1. The van der Waals surface area contributed by atoms with Crippen molar-refractivity contribution >= 4 is 29.2 Å². The van der Waals surface area contributed by atoms with E-state index in [1.54, 1.807) is 31.2 Å². The van der Waals surface area contributed by atoms with Gasteiger partial charge >= 0.3 is 5.97 Å². The van der Waals surface area contributed by atoms with E-state index < -0.39 is 30.3 Å². The number of carbonyl (C=O) groups excluding carboxylic acids is 3. The molecule has 0 unspecified atom stereocenters. The van der Waals surface area contributed by atoms with Gasteiger partial charge in [0.1, 0.15) is 5.82 Å². The largest absolute Gasteiger partial charge is 0.452 e. The lowest BCUT2D eigenvalue weighted by molar-refractivity contribution is -0.122. The van der Waals surface area contributed by atoms with Crippen LogP contribution in [0.2, 0.25) is 0 Å². The number of para-hydroxylation sites is 2. The summed E-state index contributed by atoms with van der Waals surface area (Å²) in [5, 5.41) is 2.75. The number of nitrogens with zero attached hydrogens (tertiary/aromatic N) is 1. The van der Waals surface area contributed by atoms with Crippen LogP contribution >= 0.6 is 0 Å². The highest BCUT2D eigenvalue weighted by Crippen LogP contribution is 2.31. The normalized spacial score (nSPS) is 16.3. The van der Waals surface area contributed by atoms with Crippen molar-refractivity contribution in [1.82, 2.24) is 0 Å². The lowest BCUT2D eigenvalue weighted by Crippen LogP contribution is -2.41. The van der Waals surface area contributed by atoms with Crippen molar-refractivity contribution in [2.45, 2.75) is 19.4 Å². The zero-order valence-corrected chi connectivity index (χ0v) is 14.1. The van der Waals surface area contributed by atoms with Gasteiger partial charge in [-0.15, -0.1) is 0 Å². The molecule has 1 heterocycles. The van der Waals surface area contributed by atoms with Crippen molar-refractivity contribution in [3.05, 3.63) is 59.9 Å². The molecule has 0 saturated heterocycles. The van der Waals surface area contributed by atoms with Crippen LogP contribution < -0.4 is 10.2 Å². The number of benzene rings is 2. The van der Waals surface area contributed by atoms with E-state index in [0.29, 0.717) is 11.4 Å². The first kappa shape index (κ1) is 17.6. The van der Waals surface area contributed by atoms with Crippen LogP contribution in [0, 0.1) is 5.82 Å². The van der Waals surface area contributed by atoms with Gasteiger partial charge in [0.25, 0.3) is 5.91 Å². The summed E-state index contributed by atoms with van der Waals surface area (Å²) in [6.07, 6.45) is 0.113. The molecule has 1 aliphatic heterocycles. The average Bonchev–Trinajstić information content (AvgIpc) is 2.74. The van der Waals surface area contributed by atoms with Crippen LogP contribution in [-0.2, 0) is 14.3 Å². The molecule has 26 heavy (non-hydrogen) atoms. The smallest absolute Gasteiger partial charge is 0.341 e. The molecular formula is C19H17FN2O4. The van der Waals surface area contributed by atoms with Gasteiger partial charge in [0.2, 0.25) is 5.91 Å². The van der Waals surface area contributed by atoms with Crippen LogP contribution in [0.5, 0.6) is 0 Å². The molecular weight excluding hydrogens is 339 g/mol. The van der Waals surface area contributed by atoms with Crippen LogP contribution in [0.4, 0.5) is 15.8 Å². The maximum Gasteiger partial charge on any atom is 0.341 e. The highest BCUT2D eigenvalue weighted by atomic mass is 19.1. The summed E-state index contributed by atoms with van der Waals surface area (Å²) in [4.78, 5) is 38.0. The van der Waals surface area contributed by atoms with Crippen LogP contribution in [-0.4, -0.2) is 30.4 Å². The second-order valence-corrected chi connectivity index (χ2v) is 5.94. The van der Waals surface area contributed by atoms with Crippen molar-refractivity contribution in [2.24, 2.45) is 0 Å². The maximum atomic E-state index is 13.6. The Morgan fingerprint density at radius 3 is 2.65 bits per heavy atom. The minimum Gasteiger partial charge on any atom is -0.452 e. The molecule has 0 aromatic heterocycles. The Morgan fingerprint density at radius 2 is 1.88 bits per heavy atom. The van der Waals surface area contributed by atoms with Gasteiger partial charge in [0.15, 0.2) is 6.61 Å². The Hall–Kier alpha value is -3.22. The Labute approximate surface area is 149 Å². The quantitative estimate of drug-likeness (QED) is 0.858. The number of halogens is 1. The van der Waals surface area contributed by atoms with Gasteiger partial charge in [-0.05, 0) is 31.2 Å². The highest BCUT2D eigenvalue weighted by Gasteiger charge is 2.30. The third kappa shape index (κ3) is 3.56. The van der Waals surface area contributed by atoms with Crippen molar-refractivity contribution in [2.75, 3.05) is 16.8 Å². The van der Waals surface area contributed by atoms with E-state index in [1.165, 1.54) is 23.1 Å². The van der Waals surface area contributed by atoms with Gasteiger partial charge in [0.05, 0.1) is 16.9 Å². The molecule has 2 amide bonds. The molecule has 0 spiro atoms. The van der Waals surface area contributed by atoms with Gasteiger partial charge in [-0.2, -0.15) is 0 Å². The fraction of sp³-hybridized carbons (Fsp3) is 0.211. The zero-order chi connectivity index (χ0) is 18.7. The Kier molecular flexibility index (Phi) is 4.97. The number of anilines is 2. The molecule has 2 aromatic rings. The first-order valence-corrected chi connectivity index (χ1v) is 8.10. The fourth-order valence-electron chi connectivity index (χ4n) is 2.87. The Morgan fingerprint density at radius 1 is 1.19 bits per heavy atom. The van der Waals surface area contributed by atoms with E-state index in [2.05, 4.69) is 5.32 Å². The van der Waals surface area contributed by atoms with E-state index in [0.717, 1.165) is 6.07 Å². The van der Waals surface area contributed by atoms with E-state index in [1.807, 2.05) is 0 Å². The van der Waals surface area contributed by atoms with E-state index >= 15 is 0 Å². The second-order valence-electron chi connectivity index (χ2n) is 5.94. The molecule has 0 fully saturated rings. The van der Waals surface area contributed by atoms with Crippen molar-refractivity contribution in [3.8, 4) is 0 Å². The fourth-order valence-corrected chi connectivity index (χ4v) is 2.87. The summed E-state index contributed by atoms with van der Waals surface area (Å²) in [7, 11) is 0. The first-order valence-electron chi connectivity index (χ1n) is 8.10. The number of amides is 2. The average molecular weight is 356 g/mol. The van der Waals surface area contributed by atoms with Crippen molar-refractivity contribution < 1.29 is 23.5 Å². The third-order valence-corrected chi connectivity index (χ3v) is 4.05. The maximum absolute atomic E-state index is 13.6. The standard InChI is InChI=1S/C19H17FN2O4/c1-12-10-17(23)21-15-8-4-5-9-16(15)22(12)18(24)11-26-19(25)13-6-2-3-7-14(13)20/h2-9,12H,10-11H2,1H3,(H,21,23)/t12-/m0/s1. The summed E-state index contributed by atoms with van der Waals surface area (Å²) in [6.45, 7) is 1.18. The monoisotopic (exact) mass is 356 g/mol. The van der Waals surface area contributed by atoms with E-state index in [-0.39, 0.29) is 17.9 Å². The van der Waals surface area contributed by atoms with Crippen molar-refractivity contribution in [1.29, 1.82) is 0 Å². The predicted octanol–water partition coefficient (Wildman–Crippen LogP) is 2.75. The number of fused-ring (bicyclic) bond motifs is 1. The van der Waals surface area contributed by atoms with Gasteiger partial charge < -0.3 is 15.0 Å². The number of rotatable bonds is 3. The topological polar surface area (TPSA) is 75.7 Å². The Bertz CT molecular complexity index is 868. The molecule has 7 heteroatoms. The SMILES string of the molecule is C[C@H]1CC(=O)Nc2ccccc2N1C(=O)COC(=O)c1ccccc1F. The minimum absolute atomic E-state index is 0.113. The predicted molar refractivity (Wildman–Crippen MR) is 93.3 cm³/mol. The van der Waals surface area contributed by atoms with Gasteiger partial charge in [-0.25, -0.2) is 9.18 Å². The number of carbonyl (C=O) groups is 3. The van der Waals surface area contributed by atoms with E-state index in [9.17, 15) is 18.8 Å². The lowest BCUT2D eigenvalue weighted by atomic mass is 10.1. The van der Waals surface area contributed by atoms with Crippen LogP contribution in [0.3, 0.4) is 0 Å². The summed E-state index contributed by atoms with van der Waals surface area (Å²) >= 11 is 0. The van der Waals surface area contributed by atoms with E-state index in [4.69, 9.17) is 4.74 Å². The summed E-state index contributed by atoms with van der Waals surface area (Å²) in [5.41, 5.74) is 0.801. The molecule has 0 radical (unpaired) electrons. The molecule has 2 aromatic carbocycles. The molecule has 1 aliphatic rings. The third-order valence-electron chi connectivity index (χ3n) is 4.05.